The van der Waals surface area contributed by atoms with Gasteiger partial charge in [-0.1, -0.05) is 65.0 Å². The molecular weight excluding hydrogens is 618 g/mol. The van der Waals surface area contributed by atoms with Crippen LogP contribution in [0.5, 0.6) is 5.75 Å². The number of nitrogens with one attached hydrogen (secondary N) is 3. The van der Waals surface area contributed by atoms with Gasteiger partial charge in [0.05, 0.1) is 7.11 Å². The smallest absolute Gasteiger partial charge is 0.360 e. The summed E-state index contributed by atoms with van der Waals surface area (Å²) >= 11 is 0. The highest BCUT2D eigenvalue weighted by Crippen LogP contribution is 2.59. The van der Waals surface area contributed by atoms with Crippen molar-refractivity contribution in [2.45, 2.75) is 70.9 Å². The molecule has 2 aromatic heterocycles. The second kappa shape index (κ2) is 11.2. The van der Waals surface area contributed by atoms with Gasteiger partial charge in [0.25, 0.3) is 0 Å². The van der Waals surface area contributed by atoms with Crippen molar-refractivity contribution in [1.82, 2.24) is 20.6 Å². The Hall–Kier alpha value is -5.17. The number of oxazole rings is 2. The zero-order valence-electron chi connectivity index (χ0n) is 27.4. The zero-order valence-corrected chi connectivity index (χ0v) is 27.4. The van der Waals surface area contributed by atoms with Crippen molar-refractivity contribution < 1.29 is 37.8 Å². The van der Waals surface area contributed by atoms with E-state index in [-0.39, 0.29) is 35.5 Å². The molecule has 250 valence electrons. The number of hydrogen-bond acceptors (Lipinski definition) is 11. The summed E-state index contributed by atoms with van der Waals surface area (Å²) in [6.45, 7) is 9.05. The number of para-hydroxylation sites is 1. The number of fused-ring (bicyclic) bond motifs is 4. The number of aliphatic hydroxyl groups excluding tert-OH is 1. The number of nitrogens with zero attached hydrogens (tertiary/aromatic N) is 2. The number of methoxy groups -OCH3 is 1. The Bertz CT molecular complexity index is 1940. The SMILES string of the molecule is COC(=O)c1coc(-c2nc3oc2[C@@]24c5ccccc5NC2Oc2ccc(cc24)C[C@H](NC(=O)[C@@H](O)C(C)(C)C)C(=O)N[C@H]3C(C)C)n1. The van der Waals surface area contributed by atoms with Crippen LogP contribution in [0.2, 0.25) is 0 Å². The summed E-state index contributed by atoms with van der Waals surface area (Å²) < 4.78 is 24.0. The van der Waals surface area contributed by atoms with Crippen LogP contribution < -0.4 is 20.7 Å². The highest BCUT2D eigenvalue weighted by atomic mass is 16.5. The van der Waals surface area contributed by atoms with E-state index in [9.17, 15) is 19.5 Å². The minimum absolute atomic E-state index is 0.0209. The van der Waals surface area contributed by atoms with Crippen molar-refractivity contribution in [2.75, 3.05) is 12.4 Å². The first-order valence-electron chi connectivity index (χ1n) is 15.8. The molecule has 2 amide bonds. The van der Waals surface area contributed by atoms with E-state index in [0.717, 1.165) is 22.4 Å². The third kappa shape index (κ3) is 4.83. The van der Waals surface area contributed by atoms with Crippen LogP contribution in [-0.2, 0) is 26.2 Å². The summed E-state index contributed by atoms with van der Waals surface area (Å²) in [5.41, 5.74) is 1.49. The second-order valence-electron chi connectivity index (χ2n) is 13.8. The van der Waals surface area contributed by atoms with Gasteiger partial charge in [0.1, 0.15) is 35.6 Å². The topological polar surface area (TPSA) is 178 Å². The maximum atomic E-state index is 14.0. The molecule has 4 aromatic rings. The molecule has 0 saturated heterocycles. The molecule has 3 aliphatic heterocycles. The lowest BCUT2D eigenvalue weighted by molar-refractivity contribution is -0.138. The van der Waals surface area contributed by atoms with Gasteiger partial charge < -0.3 is 39.4 Å². The van der Waals surface area contributed by atoms with Crippen molar-refractivity contribution in [2.24, 2.45) is 11.3 Å². The van der Waals surface area contributed by atoms with Gasteiger partial charge in [-0.05, 0) is 34.6 Å². The van der Waals surface area contributed by atoms with E-state index in [1.165, 1.54) is 13.4 Å². The third-order valence-corrected chi connectivity index (χ3v) is 9.22. The van der Waals surface area contributed by atoms with Crippen LogP contribution in [0.3, 0.4) is 0 Å². The summed E-state index contributed by atoms with van der Waals surface area (Å²) in [6.07, 6.45) is -0.688. The van der Waals surface area contributed by atoms with Crippen molar-refractivity contribution in [3.05, 3.63) is 82.8 Å². The normalized spacial score (nSPS) is 23.1. The summed E-state index contributed by atoms with van der Waals surface area (Å²) in [5, 5.41) is 20.1. The van der Waals surface area contributed by atoms with Crippen molar-refractivity contribution in [3.8, 4) is 17.3 Å². The van der Waals surface area contributed by atoms with E-state index >= 15 is 0 Å². The fourth-order valence-corrected chi connectivity index (χ4v) is 6.67. The van der Waals surface area contributed by atoms with Gasteiger partial charge >= 0.3 is 5.97 Å². The molecule has 4 bridgehead atoms. The highest BCUT2D eigenvalue weighted by molar-refractivity contribution is 5.90. The lowest BCUT2D eigenvalue weighted by Crippen LogP contribution is -2.53. The molecule has 0 aliphatic carbocycles. The molecule has 7 rings (SSSR count). The van der Waals surface area contributed by atoms with Gasteiger partial charge in [-0.15, -0.1) is 0 Å². The molecule has 0 fully saturated rings. The van der Waals surface area contributed by atoms with E-state index in [0.29, 0.717) is 11.5 Å². The van der Waals surface area contributed by atoms with E-state index in [1.54, 1.807) is 20.8 Å². The Morgan fingerprint density at radius 3 is 2.60 bits per heavy atom. The zero-order chi connectivity index (χ0) is 34.1. The number of rotatable bonds is 5. The Labute approximate surface area is 276 Å². The molecule has 3 aliphatic rings. The van der Waals surface area contributed by atoms with Crippen molar-refractivity contribution in [3.63, 3.8) is 0 Å². The van der Waals surface area contributed by atoms with Crippen LogP contribution in [0.15, 0.2) is 57.6 Å². The molecule has 1 unspecified atom stereocenters. The van der Waals surface area contributed by atoms with E-state index in [4.69, 9.17) is 23.3 Å². The number of aromatic nitrogens is 2. The Morgan fingerprint density at radius 1 is 1.10 bits per heavy atom. The molecule has 13 nitrogen and oxygen atoms in total. The Morgan fingerprint density at radius 2 is 1.88 bits per heavy atom. The van der Waals surface area contributed by atoms with Crippen LogP contribution in [0.1, 0.15) is 79.5 Å². The van der Waals surface area contributed by atoms with Gasteiger partial charge in [0, 0.05) is 17.7 Å². The highest BCUT2D eigenvalue weighted by Gasteiger charge is 2.61. The molecule has 5 atom stereocenters. The second-order valence-corrected chi connectivity index (χ2v) is 13.8. The molecule has 0 radical (unpaired) electrons. The fraction of sp³-hybridized carbons (Fsp3) is 0.400. The van der Waals surface area contributed by atoms with Crippen molar-refractivity contribution >= 4 is 23.5 Å². The molecule has 1 spiro atoms. The molecule has 48 heavy (non-hydrogen) atoms. The number of ether oxygens (including phenoxy) is 2. The summed E-state index contributed by atoms with van der Waals surface area (Å²) in [4.78, 5) is 48.9. The predicted octanol–water partition coefficient (Wildman–Crippen LogP) is 3.86. The number of benzene rings is 2. The van der Waals surface area contributed by atoms with E-state index < -0.39 is 53.0 Å². The largest absolute Gasteiger partial charge is 0.469 e. The third-order valence-electron chi connectivity index (χ3n) is 9.22. The van der Waals surface area contributed by atoms with Crippen LogP contribution in [0.25, 0.3) is 11.6 Å². The number of hydrogen-bond donors (Lipinski definition) is 4. The molecule has 4 N–H and O–H groups in total. The number of amides is 2. The Kier molecular flexibility index (Phi) is 7.35. The first kappa shape index (κ1) is 31.4. The van der Waals surface area contributed by atoms with Gasteiger partial charge in [-0.3, -0.25) is 9.59 Å². The average Bonchev–Trinajstić information content (AvgIpc) is 3.82. The summed E-state index contributed by atoms with van der Waals surface area (Å²) in [7, 11) is 1.25. The number of esters is 1. The van der Waals surface area contributed by atoms with Crippen LogP contribution in [-0.4, -0.2) is 58.3 Å². The van der Waals surface area contributed by atoms with Gasteiger partial charge in [0.15, 0.2) is 23.4 Å². The fourth-order valence-electron chi connectivity index (χ4n) is 6.67. The lowest BCUT2D eigenvalue weighted by Gasteiger charge is -2.30. The van der Waals surface area contributed by atoms with Gasteiger partial charge in [-0.2, -0.15) is 0 Å². The average molecular weight is 656 g/mol. The number of carbonyl (C=O) groups excluding carboxylic acids is 3. The molecule has 2 aromatic carbocycles. The van der Waals surface area contributed by atoms with Gasteiger partial charge in [-0.25, -0.2) is 14.8 Å². The maximum absolute atomic E-state index is 14.0. The van der Waals surface area contributed by atoms with E-state index in [2.05, 4.69) is 20.9 Å². The minimum Gasteiger partial charge on any atom is -0.469 e. The summed E-state index contributed by atoms with van der Waals surface area (Å²) in [6, 6.07) is 11.6. The van der Waals surface area contributed by atoms with Crippen molar-refractivity contribution in [1.29, 1.82) is 0 Å². The van der Waals surface area contributed by atoms with Gasteiger partial charge in [0.2, 0.25) is 23.6 Å². The number of carbonyl (C=O) groups is 3. The van der Waals surface area contributed by atoms with Crippen LogP contribution in [0.4, 0.5) is 5.69 Å². The standard InChI is InChI=1S/C35H37N5O8/c1-16(2)24-31-40-25(30-37-22(15-46-30)32(44)45-6)27(48-31)35-18-9-7-8-10-20(18)38-33(35)47-23-12-11-17(13-19(23)35)14-21(28(42)39-24)36-29(43)26(41)34(3,4)5/h7-13,15-16,21,24,26,33,38,41H,14H2,1-6H3,(H,36,43)(H,39,42)/t21-,24-,26+,33?,35-/m0/s1. The molecular formula is C35H37N5O8. The quantitative estimate of drug-likeness (QED) is 0.230. The first-order chi connectivity index (χ1) is 22.8. The first-order valence-corrected chi connectivity index (χ1v) is 15.8. The molecule has 0 saturated carbocycles. The molecule has 13 heteroatoms. The minimum atomic E-state index is -1.35. The Balaban J connectivity index is 1.47. The monoisotopic (exact) mass is 655 g/mol. The predicted molar refractivity (Wildman–Crippen MR) is 171 cm³/mol. The number of anilines is 1. The molecule has 5 heterocycles. The summed E-state index contributed by atoms with van der Waals surface area (Å²) in [5.74, 6) is -0.908. The maximum Gasteiger partial charge on any atom is 0.360 e. The van der Waals surface area contributed by atoms with E-state index in [1.807, 2.05) is 56.3 Å². The lowest BCUT2D eigenvalue weighted by atomic mass is 9.72. The number of aliphatic hydroxyl groups is 1. The van der Waals surface area contributed by atoms with Crippen LogP contribution in [0, 0.1) is 11.3 Å². The van der Waals surface area contributed by atoms with Crippen LogP contribution >= 0.6 is 0 Å².